The molecule has 2 aromatic rings. The summed E-state index contributed by atoms with van der Waals surface area (Å²) in [5, 5.41) is 7.63. The number of rotatable bonds is 5. The summed E-state index contributed by atoms with van der Waals surface area (Å²) in [5.41, 5.74) is 0.580. The first-order valence-corrected chi connectivity index (χ1v) is 7.57. The number of primary sulfonamides is 1. The van der Waals surface area contributed by atoms with Crippen molar-refractivity contribution >= 4 is 15.7 Å². The molecular weight excluding hydrogens is 300 g/mol. The summed E-state index contributed by atoms with van der Waals surface area (Å²) in [6.45, 7) is 0.284. The zero-order valence-electron chi connectivity index (χ0n) is 10.9. The van der Waals surface area contributed by atoms with Gasteiger partial charge in [0, 0.05) is 6.54 Å². The van der Waals surface area contributed by atoms with Crippen LogP contribution in [0, 0.1) is 11.6 Å². The fourth-order valence-corrected chi connectivity index (χ4v) is 2.27. The summed E-state index contributed by atoms with van der Waals surface area (Å²) in [6.07, 6.45) is 2.31. The number of hydrogen-bond acceptors (Lipinski definition) is 4. The van der Waals surface area contributed by atoms with Crippen LogP contribution in [0.2, 0.25) is 0 Å². The van der Waals surface area contributed by atoms with E-state index in [-0.39, 0.29) is 17.1 Å². The minimum atomic E-state index is -3.72. The average Bonchev–Trinajstić information content (AvgIpc) is 2.42. The second-order valence-electron chi connectivity index (χ2n) is 4.34. The Morgan fingerprint density at radius 3 is 2.19 bits per heavy atom. The van der Waals surface area contributed by atoms with Crippen LogP contribution in [0.3, 0.4) is 0 Å². The van der Waals surface area contributed by atoms with Crippen LogP contribution in [-0.4, -0.2) is 19.9 Å². The van der Waals surface area contributed by atoms with Gasteiger partial charge in [0.15, 0.2) is 11.6 Å². The largest absolute Gasteiger partial charge is 0.380 e. The van der Waals surface area contributed by atoms with E-state index in [0.717, 1.165) is 18.0 Å². The SMILES string of the molecule is NS(=O)(=O)c1ccc(CCNc2c(F)cncc2F)cc1. The number of nitrogens with zero attached hydrogens (tertiary/aromatic N) is 1. The molecular formula is C13H13F2N3O2S. The molecule has 8 heteroatoms. The van der Waals surface area contributed by atoms with Gasteiger partial charge in [0.2, 0.25) is 10.0 Å². The van der Waals surface area contributed by atoms with E-state index in [1.54, 1.807) is 12.1 Å². The Bertz CT molecular complexity index is 713. The Morgan fingerprint density at radius 2 is 1.67 bits per heavy atom. The van der Waals surface area contributed by atoms with Gasteiger partial charge in [0.25, 0.3) is 0 Å². The Morgan fingerprint density at radius 1 is 1.10 bits per heavy atom. The van der Waals surface area contributed by atoms with Crippen molar-refractivity contribution in [2.24, 2.45) is 5.14 Å². The molecule has 5 nitrogen and oxygen atoms in total. The van der Waals surface area contributed by atoms with Crippen LogP contribution in [0.1, 0.15) is 5.56 Å². The molecule has 1 aromatic carbocycles. The molecule has 1 aromatic heterocycles. The second kappa shape index (κ2) is 6.15. The first-order valence-electron chi connectivity index (χ1n) is 6.02. The lowest BCUT2D eigenvalue weighted by atomic mass is 10.1. The van der Waals surface area contributed by atoms with E-state index in [1.807, 2.05) is 0 Å². The van der Waals surface area contributed by atoms with Crippen LogP contribution in [0.15, 0.2) is 41.6 Å². The van der Waals surface area contributed by atoms with E-state index in [1.165, 1.54) is 12.1 Å². The van der Waals surface area contributed by atoms with E-state index in [0.29, 0.717) is 6.42 Å². The Balaban J connectivity index is 1.98. The number of aromatic nitrogens is 1. The fourth-order valence-electron chi connectivity index (χ4n) is 1.76. The van der Waals surface area contributed by atoms with Crippen molar-refractivity contribution < 1.29 is 17.2 Å². The van der Waals surface area contributed by atoms with Crippen molar-refractivity contribution in [3.8, 4) is 0 Å². The molecule has 2 rings (SSSR count). The summed E-state index contributed by atoms with van der Waals surface area (Å²) in [5.74, 6) is -1.53. The number of benzene rings is 1. The van der Waals surface area contributed by atoms with Crippen LogP contribution in [-0.2, 0) is 16.4 Å². The van der Waals surface area contributed by atoms with E-state index >= 15 is 0 Å². The highest BCUT2D eigenvalue weighted by atomic mass is 32.2. The van der Waals surface area contributed by atoms with Gasteiger partial charge in [-0.1, -0.05) is 12.1 Å². The second-order valence-corrected chi connectivity index (χ2v) is 5.91. The number of sulfonamides is 1. The van der Waals surface area contributed by atoms with E-state index < -0.39 is 21.7 Å². The first kappa shape index (κ1) is 15.3. The molecule has 112 valence electrons. The number of halogens is 2. The summed E-state index contributed by atoms with van der Waals surface area (Å²) in [6, 6.07) is 5.97. The molecule has 0 saturated carbocycles. The zero-order valence-corrected chi connectivity index (χ0v) is 11.7. The van der Waals surface area contributed by atoms with E-state index in [4.69, 9.17) is 5.14 Å². The van der Waals surface area contributed by atoms with Crippen molar-refractivity contribution in [3.63, 3.8) is 0 Å². The number of hydrogen-bond donors (Lipinski definition) is 2. The van der Waals surface area contributed by atoms with Gasteiger partial charge in [-0.2, -0.15) is 0 Å². The minimum Gasteiger partial charge on any atom is -0.380 e. The fraction of sp³-hybridized carbons (Fsp3) is 0.154. The molecule has 3 N–H and O–H groups in total. The Hall–Kier alpha value is -2.06. The minimum absolute atomic E-state index is 0.0189. The number of nitrogens with one attached hydrogen (secondary N) is 1. The van der Waals surface area contributed by atoms with E-state index in [9.17, 15) is 17.2 Å². The zero-order chi connectivity index (χ0) is 15.5. The lowest BCUT2D eigenvalue weighted by Crippen LogP contribution is -2.12. The molecule has 0 radical (unpaired) electrons. The monoisotopic (exact) mass is 313 g/mol. The maximum atomic E-state index is 13.3. The maximum absolute atomic E-state index is 13.3. The lowest BCUT2D eigenvalue weighted by molar-refractivity contribution is 0.578. The van der Waals surface area contributed by atoms with Crippen molar-refractivity contribution in [2.75, 3.05) is 11.9 Å². The Kier molecular flexibility index (Phi) is 4.49. The molecule has 21 heavy (non-hydrogen) atoms. The quantitative estimate of drug-likeness (QED) is 0.879. The number of anilines is 1. The maximum Gasteiger partial charge on any atom is 0.238 e. The molecule has 0 unspecified atom stereocenters. The van der Waals surface area contributed by atoms with E-state index in [2.05, 4.69) is 10.3 Å². The molecule has 0 aliphatic heterocycles. The van der Waals surface area contributed by atoms with Crippen molar-refractivity contribution in [1.29, 1.82) is 0 Å². The summed E-state index contributed by atoms with van der Waals surface area (Å²) in [4.78, 5) is 3.40. The molecule has 0 saturated heterocycles. The molecule has 1 heterocycles. The highest BCUT2D eigenvalue weighted by Gasteiger charge is 2.09. The van der Waals surface area contributed by atoms with Gasteiger partial charge in [0.1, 0.15) is 5.69 Å². The predicted octanol–water partition coefficient (Wildman–Crippen LogP) is 1.66. The first-order chi connectivity index (χ1) is 9.88. The summed E-state index contributed by atoms with van der Waals surface area (Å²) in [7, 11) is -3.72. The number of nitrogens with two attached hydrogens (primary N) is 1. The van der Waals surface area contributed by atoms with Gasteiger partial charge in [-0.3, -0.25) is 4.98 Å². The van der Waals surface area contributed by atoms with Crippen LogP contribution < -0.4 is 10.5 Å². The lowest BCUT2D eigenvalue weighted by Gasteiger charge is -2.08. The Labute approximate surface area is 120 Å². The highest BCUT2D eigenvalue weighted by Crippen LogP contribution is 2.16. The van der Waals surface area contributed by atoms with Gasteiger partial charge in [-0.15, -0.1) is 0 Å². The molecule has 0 fully saturated rings. The van der Waals surface area contributed by atoms with Crippen LogP contribution >= 0.6 is 0 Å². The molecule has 0 spiro atoms. The van der Waals surface area contributed by atoms with Gasteiger partial charge in [0.05, 0.1) is 17.3 Å². The van der Waals surface area contributed by atoms with Gasteiger partial charge in [-0.25, -0.2) is 22.3 Å². The predicted molar refractivity (Wildman–Crippen MR) is 74.2 cm³/mol. The van der Waals surface area contributed by atoms with Crippen molar-refractivity contribution in [2.45, 2.75) is 11.3 Å². The smallest absolute Gasteiger partial charge is 0.238 e. The van der Waals surface area contributed by atoms with Crippen LogP contribution in [0.5, 0.6) is 0 Å². The normalized spacial score (nSPS) is 11.4. The third kappa shape index (κ3) is 3.96. The summed E-state index contributed by atoms with van der Waals surface area (Å²) >= 11 is 0. The molecule has 0 aliphatic carbocycles. The van der Waals surface area contributed by atoms with Crippen molar-refractivity contribution in [1.82, 2.24) is 4.98 Å². The van der Waals surface area contributed by atoms with Crippen molar-refractivity contribution in [3.05, 3.63) is 53.9 Å². The molecule has 0 amide bonds. The third-order valence-electron chi connectivity index (χ3n) is 2.82. The van der Waals surface area contributed by atoms with Gasteiger partial charge < -0.3 is 5.32 Å². The number of pyridine rings is 1. The topological polar surface area (TPSA) is 85.1 Å². The molecule has 0 bridgehead atoms. The standard InChI is InChI=1S/C13H13F2N3O2S/c14-11-7-17-8-12(15)13(11)18-6-5-9-1-3-10(4-2-9)21(16,19)20/h1-4,7-8H,5-6H2,(H,17,18)(H2,16,19,20). The van der Waals surface area contributed by atoms with Crippen LogP contribution in [0.25, 0.3) is 0 Å². The van der Waals surface area contributed by atoms with Gasteiger partial charge >= 0.3 is 0 Å². The average molecular weight is 313 g/mol. The molecule has 0 aliphatic rings. The summed E-state index contributed by atoms with van der Waals surface area (Å²) < 4.78 is 48.8. The third-order valence-corrected chi connectivity index (χ3v) is 3.75. The van der Waals surface area contributed by atoms with Crippen LogP contribution in [0.4, 0.5) is 14.5 Å². The highest BCUT2D eigenvalue weighted by molar-refractivity contribution is 7.89. The molecule has 0 atom stereocenters. The van der Waals surface area contributed by atoms with Gasteiger partial charge in [-0.05, 0) is 24.1 Å².